The van der Waals surface area contributed by atoms with E-state index in [4.69, 9.17) is 4.74 Å². The van der Waals surface area contributed by atoms with E-state index in [1.165, 1.54) is 5.56 Å². The molecule has 0 aliphatic carbocycles. The van der Waals surface area contributed by atoms with Gasteiger partial charge < -0.3 is 9.64 Å². The number of anilines is 1. The smallest absolute Gasteiger partial charge is 0.233 e. The Hall–Kier alpha value is -2.14. The molecule has 1 amide bonds. The van der Waals surface area contributed by atoms with Gasteiger partial charge >= 0.3 is 0 Å². The molecule has 3 heterocycles. The normalized spacial score (nSPS) is 22.9. The number of ether oxygens (including phenoxy) is 1. The lowest BCUT2D eigenvalue weighted by atomic mass is 9.92. The van der Waals surface area contributed by atoms with Crippen molar-refractivity contribution >= 4 is 11.6 Å². The van der Waals surface area contributed by atoms with Crippen LogP contribution < -0.4 is 4.90 Å². The lowest BCUT2D eigenvalue weighted by Crippen LogP contribution is -2.36. The molecule has 2 aliphatic rings. The molecule has 1 saturated heterocycles. The highest BCUT2D eigenvalue weighted by Gasteiger charge is 2.41. The Balaban J connectivity index is 1.65. The van der Waals surface area contributed by atoms with Crippen molar-refractivity contribution < 1.29 is 9.53 Å². The van der Waals surface area contributed by atoms with Gasteiger partial charge in [-0.3, -0.25) is 9.48 Å². The van der Waals surface area contributed by atoms with Crippen LogP contribution in [0.5, 0.6) is 0 Å². The molecule has 24 heavy (non-hydrogen) atoms. The minimum Gasteiger partial charge on any atom is -0.373 e. The number of benzene rings is 1. The van der Waals surface area contributed by atoms with E-state index in [0.29, 0.717) is 6.61 Å². The number of nitrogens with zero attached hydrogens (tertiary/aromatic N) is 3. The number of fused-ring (bicyclic) bond motifs is 1. The van der Waals surface area contributed by atoms with E-state index >= 15 is 0 Å². The summed E-state index contributed by atoms with van der Waals surface area (Å²) < 4.78 is 7.87. The van der Waals surface area contributed by atoms with Crippen molar-refractivity contribution in [2.24, 2.45) is 13.0 Å². The second-order valence-electron chi connectivity index (χ2n) is 6.76. The lowest BCUT2D eigenvalue weighted by molar-refractivity contribution is -0.124. The van der Waals surface area contributed by atoms with Crippen LogP contribution in [0, 0.1) is 19.8 Å². The van der Waals surface area contributed by atoms with Gasteiger partial charge in [0.05, 0.1) is 17.7 Å². The average Bonchev–Trinajstić information content (AvgIpc) is 3.26. The number of aromatic nitrogens is 2. The number of hydrogen-bond acceptors (Lipinski definition) is 3. The zero-order chi connectivity index (χ0) is 16.8. The molecule has 2 aromatic rings. The first-order valence-electron chi connectivity index (χ1n) is 8.59. The summed E-state index contributed by atoms with van der Waals surface area (Å²) in [7, 11) is 1.94. The Morgan fingerprint density at radius 2 is 2.08 bits per heavy atom. The molecule has 0 unspecified atom stereocenters. The molecule has 2 aliphatic heterocycles. The third kappa shape index (κ3) is 2.26. The monoisotopic (exact) mass is 325 g/mol. The quantitative estimate of drug-likeness (QED) is 0.853. The molecule has 0 radical (unpaired) electrons. The van der Waals surface area contributed by atoms with Crippen LogP contribution in [0.4, 0.5) is 5.69 Å². The minimum absolute atomic E-state index is 0.127. The molecule has 0 bridgehead atoms. The second kappa shape index (κ2) is 5.74. The summed E-state index contributed by atoms with van der Waals surface area (Å²) in [5, 5.41) is 4.49. The van der Waals surface area contributed by atoms with Crippen LogP contribution >= 0.6 is 0 Å². The summed E-state index contributed by atoms with van der Waals surface area (Å²) in [4.78, 5) is 15.2. The first kappa shape index (κ1) is 15.4. The molecule has 1 aromatic heterocycles. The third-order valence-electron chi connectivity index (χ3n) is 5.41. The molecule has 1 fully saturated rings. The predicted molar refractivity (Wildman–Crippen MR) is 92.0 cm³/mol. The second-order valence-corrected chi connectivity index (χ2v) is 6.76. The van der Waals surface area contributed by atoms with Crippen LogP contribution in [0.15, 0.2) is 24.3 Å². The number of rotatable bonds is 2. The van der Waals surface area contributed by atoms with Crippen molar-refractivity contribution in [1.29, 1.82) is 0 Å². The first-order valence-corrected chi connectivity index (χ1v) is 8.59. The summed E-state index contributed by atoms with van der Waals surface area (Å²) in [6, 6.07) is 8.20. The molecular formula is C19H23N3O2. The van der Waals surface area contributed by atoms with Crippen LogP contribution in [0.1, 0.15) is 35.0 Å². The van der Waals surface area contributed by atoms with Crippen LogP contribution in [0.25, 0.3) is 0 Å². The fraction of sp³-hybridized carbons (Fsp3) is 0.474. The van der Waals surface area contributed by atoms with Gasteiger partial charge in [-0.05, 0) is 38.3 Å². The number of carbonyl (C=O) groups is 1. The fourth-order valence-corrected chi connectivity index (χ4v) is 4.10. The SMILES string of the molecule is Cc1nn(C)c(C)c1[C@H]1OCC[C@@H]1C(=O)N1CCc2ccccc21. The Morgan fingerprint density at radius 1 is 1.29 bits per heavy atom. The van der Waals surface area contributed by atoms with E-state index in [1.54, 1.807) is 0 Å². The van der Waals surface area contributed by atoms with Gasteiger partial charge in [0, 0.05) is 37.1 Å². The number of aryl methyl sites for hydroxylation is 2. The maximum atomic E-state index is 13.2. The number of amides is 1. The van der Waals surface area contributed by atoms with Gasteiger partial charge in [-0.2, -0.15) is 5.10 Å². The molecule has 4 rings (SSSR count). The van der Waals surface area contributed by atoms with Crippen molar-refractivity contribution in [2.45, 2.75) is 32.8 Å². The summed E-state index contributed by atoms with van der Waals surface area (Å²) >= 11 is 0. The van der Waals surface area contributed by atoms with Crippen molar-refractivity contribution in [2.75, 3.05) is 18.1 Å². The van der Waals surface area contributed by atoms with Gasteiger partial charge in [0.2, 0.25) is 5.91 Å². The highest BCUT2D eigenvalue weighted by atomic mass is 16.5. The first-order chi connectivity index (χ1) is 11.6. The van der Waals surface area contributed by atoms with Gasteiger partial charge in [0.25, 0.3) is 0 Å². The summed E-state index contributed by atoms with van der Waals surface area (Å²) in [5.74, 6) is 0.0582. The number of hydrogen-bond donors (Lipinski definition) is 0. The Bertz CT molecular complexity index is 796. The highest BCUT2D eigenvalue weighted by molar-refractivity contribution is 5.97. The van der Waals surface area contributed by atoms with Gasteiger partial charge in [-0.15, -0.1) is 0 Å². The maximum absolute atomic E-state index is 13.2. The molecule has 5 heteroatoms. The average molecular weight is 325 g/mol. The molecule has 126 valence electrons. The van der Waals surface area contributed by atoms with Gasteiger partial charge in [0.15, 0.2) is 0 Å². The molecule has 1 aromatic carbocycles. The van der Waals surface area contributed by atoms with Gasteiger partial charge in [0.1, 0.15) is 0 Å². The predicted octanol–water partition coefficient (Wildman–Crippen LogP) is 2.70. The fourth-order valence-electron chi connectivity index (χ4n) is 4.10. The Kier molecular flexibility index (Phi) is 3.68. The minimum atomic E-state index is -0.182. The summed E-state index contributed by atoms with van der Waals surface area (Å²) in [5.41, 5.74) is 5.45. The van der Waals surface area contributed by atoms with Crippen molar-refractivity contribution in [1.82, 2.24) is 9.78 Å². The van der Waals surface area contributed by atoms with E-state index in [9.17, 15) is 4.79 Å². The Morgan fingerprint density at radius 3 is 2.83 bits per heavy atom. The topological polar surface area (TPSA) is 47.4 Å². The zero-order valence-electron chi connectivity index (χ0n) is 14.5. The molecule has 5 nitrogen and oxygen atoms in total. The van der Waals surface area contributed by atoms with Crippen LogP contribution in [-0.4, -0.2) is 28.8 Å². The van der Waals surface area contributed by atoms with Crippen LogP contribution in [-0.2, 0) is 23.0 Å². The Labute approximate surface area is 142 Å². The molecule has 0 N–H and O–H groups in total. The lowest BCUT2D eigenvalue weighted by Gasteiger charge is -2.25. The molecule has 0 spiro atoms. The van der Waals surface area contributed by atoms with Crippen LogP contribution in [0.2, 0.25) is 0 Å². The summed E-state index contributed by atoms with van der Waals surface area (Å²) in [6.07, 6.45) is 1.53. The van der Waals surface area contributed by atoms with E-state index in [0.717, 1.165) is 42.0 Å². The summed E-state index contributed by atoms with van der Waals surface area (Å²) in [6.45, 7) is 5.44. The van der Waals surface area contributed by atoms with Crippen LogP contribution in [0.3, 0.4) is 0 Å². The van der Waals surface area contributed by atoms with E-state index in [1.807, 2.05) is 48.7 Å². The van der Waals surface area contributed by atoms with Crippen molar-refractivity contribution in [3.8, 4) is 0 Å². The largest absolute Gasteiger partial charge is 0.373 e. The maximum Gasteiger partial charge on any atom is 0.233 e. The molecule has 2 atom stereocenters. The van der Waals surface area contributed by atoms with Gasteiger partial charge in [-0.1, -0.05) is 18.2 Å². The molecule has 0 saturated carbocycles. The van der Waals surface area contributed by atoms with E-state index in [-0.39, 0.29) is 17.9 Å². The zero-order valence-corrected chi connectivity index (χ0v) is 14.5. The van der Waals surface area contributed by atoms with E-state index < -0.39 is 0 Å². The van der Waals surface area contributed by atoms with E-state index in [2.05, 4.69) is 11.2 Å². The standard InChI is InChI=1S/C19H23N3O2/c1-12-17(13(2)21(3)20-12)18-15(9-11-24-18)19(23)22-10-8-14-6-4-5-7-16(14)22/h4-7,15,18H,8-11H2,1-3H3/t15-,18-/m0/s1. The highest BCUT2D eigenvalue weighted by Crippen LogP contribution is 2.40. The van der Waals surface area contributed by atoms with Gasteiger partial charge in [-0.25, -0.2) is 0 Å². The molecular weight excluding hydrogens is 302 g/mol. The van der Waals surface area contributed by atoms with Crippen molar-refractivity contribution in [3.63, 3.8) is 0 Å². The number of carbonyl (C=O) groups excluding carboxylic acids is 1. The number of para-hydroxylation sites is 1. The van der Waals surface area contributed by atoms with Crippen molar-refractivity contribution in [3.05, 3.63) is 46.8 Å². The third-order valence-corrected chi connectivity index (χ3v) is 5.41.